The minimum Gasteiger partial charge on any atom is -0.359 e. The third kappa shape index (κ3) is 7.38. The SMILES string of the molecule is C=C/C(=C\C(=C/C)c1cnc2n[nH]c(-c3cc4c(-c5cc(F)cc(CNS(=C)(=C)C)c5)cncc4[nH]3)c2c1)NC(=C)Cc1ccccc1. The summed E-state index contributed by atoms with van der Waals surface area (Å²) in [6.45, 7) is 10.7. The van der Waals surface area contributed by atoms with Gasteiger partial charge < -0.3 is 10.3 Å². The van der Waals surface area contributed by atoms with E-state index in [1.807, 2.05) is 61.9 Å². The second kappa shape index (κ2) is 13.7. The van der Waals surface area contributed by atoms with Gasteiger partial charge in [0.1, 0.15) is 5.82 Å². The number of aromatic amines is 2. The highest BCUT2D eigenvalue weighted by atomic mass is 32.2. The van der Waals surface area contributed by atoms with Crippen molar-refractivity contribution in [1.82, 2.24) is 35.2 Å². The molecule has 7 nitrogen and oxygen atoms in total. The third-order valence-electron chi connectivity index (χ3n) is 7.87. The van der Waals surface area contributed by atoms with Crippen molar-refractivity contribution in [3.05, 3.63) is 145 Å². The molecule has 0 atom stereocenters. The first-order valence-electron chi connectivity index (χ1n) is 15.4. The maximum absolute atomic E-state index is 14.8. The van der Waals surface area contributed by atoms with Crippen molar-refractivity contribution in [2.75, 3.05) is 6.26 Å². The van der Waals surface area contributed by atoms with E-state index in [0.717, 1.165) is 66.9 Å². The van der Waals surface area contributed by atoms with Crippen LogP contribution in [-0.2, 0) is 13.0 Å². The fourth-order valence-corrected chi connectivity index (χ4v) is 6.10. The first-order chi connectivity index (χ1) is 23.1. The lowest BCUT2D eigenvalue weighted by Gasteiger charge is -2.12. The molecule has 4 N–H and O–H groups in total. The van der Waals surface area contributed by atoms with Crippen LogP contribution < -0.4 is 10.0 Å². The molecule has 0 aliphatic carbocycles. The number of allylic oxidation sites excluding steroid dienone is 5. The Morgan fingerprint density at radius 1 is 1.00 bits per heavy atom. The molecular formula is C39H38FN7S. The molecule has 9 heteroatoms. The number of halogens is 1. The number of H-pyrrole nitrogens is 2. The van der Waals surface area contributed by atoms with E-state index in [1.165, 1.54) is 17.7 Å². The van der Waals surface area contributed by atoms with E-state index >= 15 is 0 Å². The lowest BCUT2D eigenvalue weighted by atomic mass is 10.0. The zero-order valence-electron chi connectivity index (χ0n) is 27.1. The van der Waals surface area contributed by atoms with E-state index < -0.39 is 9.39 Å². The second-order valence-corrected chi connectivity index (χ2v) is 14.7. The molecule has 2 aromatic carbocycles. The van der Waals surface area contributed by atoms with Crippen LogP contribution in [0.5, 0.6) is 0 Å². The molecule has 0 aliphatic heterocycles. The summed E-state index contributed by atoms with van der Waals surface area (Å²) in [4.78, 5) is 12.6. The molecule has 0 bridgehead atoms. The standard InChI is InChI=1S/C39H38FN7S/c1-7-28(18-32(8-2)44-25(3)14-26-12-10-9-11-13-26)30-19-34-38(46-47-39(34)42-22-30)36-20-33-35(23-41-24-37(33)45-36)29-15-27(16-31(40)17-29)21-43-48(4,5)6/h7-13,15-20,22-24,43-45H,2-5,14,21H2,1,6H3,(H,42,46,47)/b28-7+,32-18+. The summed E-state index contributed by atoms with van der Waals surface area (Å²) < 4.78 is 18.1. The highest BCUT2D eigenvalue weighted by molar-refractivity contribution is 8.25. The Hall–Kier alpha value is -5.51. The van der Waals surface area contributed by atoms with Crippen LogP contribution in [0.25, 0.3) is 50.0 Å². The highest BCUT2D eigenvalue weighted by Gasteiger charge is 2.16. The van der Waals surface area contributed by atoms with Gasteiger partial charge in [0.2, 0.25) is 0 Å². The van der Waals surface area contributed by atoms with Gasteiger partial charge in [0.25, 0.3) is 0 Å². The van der Waals surface area contributed by atoms with Crippen molar-refractivity contribution in [3.63, 3.8) is 0 Å². The van der Waals surface area contributed by atoms with Crippen molar-refractivity contribution in [2.24, 2.45) is 0 Å². The summed E-state index contributed by atoms with van der Waals surface area (Å²) >= 11 is 0. The molecule has 0 unspecified atom stereocenters. The monoisotopic (exact) mass is 655 g/mol. The number of rotatable bonds is 12. The quantitative estimate of drug-likeness (QED) is 0.0785. The van der Waals surface area contributed by atoms with Gasteiger partial charge in [0, 0.05) is 58.7 Å². The lowest BCUT2D eigenvalue weighted by Crippen LogP contribution is -2.12. The minimum absolute atomic E-state index is 0.316. The Kier molecular flexibility index (Phi) is 9.25. The largest absolute Gasteiger partial charge is 0.359 e. The molecular weight excluding hydrogens is 618 g/mol. The van der Waals surface area contributed by atoms with Gasteiger partial charge in [-0.1, -0.05) is 61.3 Å². The number of hydrogen-bond donors (Lipinski definition) is 4. The first-order valence-corrected chi connectivity index (χ1v) is 17.8. The number of benzene rings is 2. The summed E-state index contributed by atoms with van der Waals surface area (Å²) in [5, 5.41) is 12.8. The van der Waals surface area contributed by atoms with Crippen LogP contribution in [0.2, 0.25) is 0 Å². The van der Waals surface area contributed by atoms with Gasteiger partial charge in [0.05, 0.1) is 23.1 Å². The molecule has 0 aliphatic rings. The van der Waals surface area contributed by atoms with Gasteiger partial charge in [-0.2, -0.15) is 14.5 Å². The average Bonchev–Trinajstić information content (AvgIpc) is 3.69. The summed E-state index contributed by atoms with van der Waals surface area (Å²) in [6.07, 6.45) is 13.9. The van der Waals surface area contributed by atoms with E-state index in [4.69, 9.17) is 0 Å². The molecule has 0 amide bonds. The van der Waals surface area contributed by atoms with E-state index in [2.05, 4.69) is 78.3 Å². The van der Waals surface area contributed by atoms with Crippen molar-refractivity contribution < 1.29 is 4.39 Å². The summed E-state index contributed by atoms with van der Waals surface area (Å²) in [5.74, 6) is 7.81. The molecule has 0 fully saturated rings. The third-order valence-corrected chi connectivity index (χ3v) is 8.72. The van der Waals surface area contributed by atoms with Crippen LogP contribution in [0.15, 0.2) is 122 Å². The zero-order valence-corrected chi connectivity index (χ0v) is 27.9. The predicted molar refractivity (Wildman–Crippen MR) is 203 cm³/mol. The lowest BCUT2D eigenvalue weighted by molar-refractivity contribution is 0.625. The molecule has 0 saturated carbocycles. The van der Waals surface area contributed by atoms with E-state index in [1.54, 1.807) is 18.5 Å². The predicted octanol–water partition coefficient (Wildman–Crippen LogP) is 8.43. The van der Waals surface area contributed by atoms with Crippen LogP contribution >= 0.6 is 9.39 Å². The number of hydrogen-bond acceptors (Lipinski definition) is 5. The van der Waals surface area contributed by atoms with Crippen LogP contribution in [0, 0.1) is 5.82 Å². The fraction of sp³-hybridized carbons (Fsp3) is 0.103. The normalized spacial score (nSPS) is 12.5. The van der Waals surface area contributed by atoms with Crippen molar-refractivity contribution >= 4 is 48.6 Å². The van der Waals surface area contributed by atoms with Gasteiger partial charge in [-0.15, -0.1) is 0 Å². The van der Waals surface area contributed by atoms with Crippen LogP contribution in [0.3, 0.4) is 0 Å². The summed E-state index contributed by atoms with van der Waals surface area (Å²) in [6, 6.07) is 19.4. The molecule has 0 spiro atoms. The summed E-state index contributed by atoms with van der Waals surface area (Å²) in [5.41, 5.74) is 10.1. The van der Waals surface area contributed by atoms with E-state index in [-0.39, 0.29) is 5.82 Å². The number of nitrogens with zero attached hydrogens (tertiary/aromatic N) is 3. The Labute approximate surface area is 280 Å². The molecule has 242 valence electrons. The Bertz CT molecular complexity index is 2330. The summed E-state index contributed by atoms with van der Waals surface area (Å²) in [7, 11) is -1.44. The van der Waals surface area contributed by atoms with Gasteiger partial charge in [-0.05, 0) is 77.9 Å². The van der Waals surface area contributed by atoms with E-state index in [0.29, 0.717) is 18.6 Å². The second-order valence-electron chi connectivity index (χ2n) is 11.9. The molecule has 4 aromatic heterocycles. The molecule has 6 rings (SSSR count). The molecule has 4 heterocycles. The Balaban J connectivity index is 1.31. The molecule has 0 radical (unpaired) electrons. The minimum atomic E-state index is -1.44. The maximum atomic E-state index is 14.8. The topological polar surface area (TPSA) is 94.3 Å². The number of pyridine rings is 2. The van der Waals surface area contributed by atoms with Gasteiger partial charge >= 0.3 is 0 Å². The van der Waals surface area contributed by atoms with Crippen LogP contribution in [-0.4, -0.2) is 43.1 Å². The first kappa shape index (κ1) is 32.4. The molecule has 48 heavy (non-hydrogen) atoms. The Morgan fingerprint density at radius 3 is 2.56 bits per heavy atom. The maximum Gasteiger partial charge on any atom is 0.181 e. The van der Waals surface area contributed by atoms with Crippen molar-refractivity contribution in [2.45, 2.75) is 19.9 Å². The molecule has 0 saturated heterocycles. The number of aromatic nitrogens is 5. The van der Waals surface area contributed by atoms with Crippen molar-refractivity contribution in [3.8, 4) is 22.5 Å². The Morgan fingerprint density at radius 2 is 1.81 bits per heavy atom. The van der Waals surface area contributed by atoms with Gasteiger partial charge in [-0.25, -0.2) is 9.37 Å². The fourth-order valence-electron chi connectivity index (χ4n) is 5.58. The van der Waals surface area contributed by atoms with Gasteiger partial charge in [-0.3, -0.25) is 14.8 Å². The zero-order chi connectivity index (χ0) is 33.8. The van der Waals surface area contributed by atoms with E-state index in [9.17, 15) is 4.39 Å². The smallest absolute Gasteiger partial charge is 0.181 e. The van der Waals surface area contributed by atoms with Crippen molar-refractivity contribution in [1.29, 1.82) is 0 Å². The number of nitrogens with one attached hydrogen (secondary N) is 4. The molecule has 6 aromatic rings. The average molecular weight is 656 g/mol. The highest BCUT2D eigenvalue weighted by Crippen LogP contribution is 2.35. The van der Waals surface area contributed by atoms with Gasteiger partial charge in [0.15, 0.2) is 5.65 Å². The van der Waals surface area contributed by atoms with Crippen LogP contribution in [0.4, 0.5) is 4.39 Å². The number of fused-ring (bicyclic) bond motifs is 2. The van der Waals surface area contributed by atoms with Crippen LogP contribution in [0.1, 0.15) is 23.6 Å².